The Hall–Kier alpha value is -2.90. The number of amides is 1. The summed E-state index contributed by atoms with van der Waals surface area (Å²) in [6.45, 7) is 0.612. The Kier molecular flexibility index (Phi) is 4.50. The molecular formula is C13H14N4O4. The number of carboxylic acid groups (broad SMARTS) is 1. The maximum Gasteiger partial charge on any atom is 0.358 e. The number of aromatic carboxylic acids is 1. The van der Waals surface area contributed by atoms with Crippen LogP contribution in [0.3, 0.4) is 0 Å². The first kappa shape index (κ1) is 14.5. The van der Waals surface area contributed by atoms with Crippen LogP contribution in [-0.4, -0.2) is 45.6 Å². The standard InChI is InChI=1S/C13H14N4O4/c1-21-11-5-3-2-4-9(11)12(18)14-6-7-17-8-10(13(19)20)15-16-17/h2-5,8H,6-7H2,1H3,(H,14,18)(H,19,20). The molecule has 0 spiro atoms. The van der Waals surface area contributed by atoms with Crippen LogP contribution in [0.25, 0.3) is 0 Å². The van der Waals surface area contributed by atoms with Gasteiger partial charge in [0, 0.05) is 6.54 Å². The van der Waals surface area contributed by atoms with Gasteiger partial charge in [-0.2, -0.15) is 0 Å². The molecule has 2 N–H and O–H groups in total. The number of carboxylic acids is 1. The average molecular weight is 290 g/mol. The first-order chi connectivity index (χ1) is 10.1. The van der Waals surface area contributed by atoms with Gasteiger partial charge >= 0.3 is 5.97 Å². The minimum absolute atomic E-state index is 0.133. The van der Waals surface area contributed by atoms with Crippen molar-refractivity contribution in [2.45, 2.75) is 6.54 Å². The second kappa shape index (κ2) is 6.51. The van der Waals surface area contributed by atoms with Crippen LogP contribution >= 0.6 is 0 Å². The Labute approximate surface area is 120 Å². The second-order valence-corrected chi connectivity index (χ2v) is 4.13. The maximum absolute atomic E-state index is 12.0. The van der Waals surface area contributed by atoms with Crippen LogP contribution in [0.5, 0.6) is 5.75 Å². The number of aromatic nitrogens is 3. The van der Waals surface area contributed by atoms with Gasteiger partial charge in [0.2, 0.25) is 0 Å². The molecule has 0 aliphatic rings. The molecule has 0 atom stereocenters. The first-order valence-corrected chi connectivity index (χ1v) is 6.16. The molecule has 2 aromatic rings. The number of rotatable bonds is 6. The van der Waals surface area contributed by atoms with Crippen LogP contribution in [0.15, 0.2) is 30.5 Å². The monoisotopic (exact) mass is 290 g/mol. The number of ether oxygens (including phenoxy) is 1. The zero-order valence-electron chi connectivity index (χ0n) is 11.3. The SMILES string of the molecule is COc1ccccc1C(=O)NCCn1cc(C(=O)O)nn1. The maximum atomic E-state index is 12.0. The fraction of sp³-hybridized carbons (Fsp3) is 0.231. The Bertz CT molecular complexity index is 653. The van der Waals surface area contributed by atoms with Crippen molar-refractivity contribution >= 4 is 11.9 Å². The van der Waals surface area contributed by atoms with E-state index in [-0.39, 0.29) is 11.6 Å². The molecule has 1 aromatic carbocycles. The fourth-order valence-electron chi connectivity index (χ4n) is 1.72. The lowest BCUT2D eigenvalue weighted by Crippen LogP contribution is -2.27. The Balaban J connectivity index is 1.90. The summed E-state index contributed by atoms with van der Waals surface area (Å²) in [5, 5.41) is 18.6. The molecule has 110 valence electrons. The molecule has 1 heterocycles. The van der Waals surface area contributed by atoms with Gasteiger partial charge < -0.3 is 15.2 Å². The summed E-state index contributed by atoms with van der Waals surface area (Å²) in [7, 11) is 1.49. The normalized spacial score (nSPS) is 10.1. The van der Waals surface area contributed by atoms with E-state index in [4.69, 9.17) is 9.84 Å². The van der Waals surface area contributed by atoms with E-state index in [1.165, 1.54) is 18.0 Å². The number of nitrogens with zero attached hydrogens (tertiary/aromatic N) is 3. The van der Waals surface area contributed by atoms with Crippen LogP contribution in [0.4, 0.5) is 0 Å². The largest absolute Gasteiger partial charge is 0.496 e. The summed E-state index contributed by atoms with van der Waals surface area (Å²) < 4.78 is 6.46. The topological polar surface area (TPSA) is 106 Å². The van der Waals surface area contributed by atoms with Crippen LogP contribution in [0.1, 0.15) is 20.8 Å². The molecule has 0 aliphatic carbocycles. The molecule has 1 aromatic heterocycles. The lowest BCUT2D eigenvalue weighted by atomic mass is 10.2. The van der Waals surface area contributed by atoms with E-state index in [0.29, 0.717) is 24.4 Å². The van der Waals surface area contributed by atoms with E-state index in [9.17, 15) is 9.59 Å². The Morgan fingerprint density at radius 1 is 1.38 bits per heavy atom. The molecule has 0 saturated carbocycles. The summed E-state index contributed by atoms with van der Waals surface area (Å²) in [6.07, 6.45) is 1.30. The Morgan fingerprint density at radius 2 is 2.14 bits per heavy atom. The number of hydrogen-bond acceptors (Lipinski definition) is 5. The molecule has 21 heavy (non-hydrogen) atoms. The predicted molar refractivity (Wildman–Crippen MR) is 72.3 cm³/mol. The molecule has 0 fully saturated rings. The van der Waals surface area contributed by atoms with Gasteiger partial charge in [0.15, 0.2) is 5.69 Å². The molecule has 2 rings (SSSR count). The highest BCUT2D eigenvalue weighted by Crippen LogP contribution is 2.16. The summed E-state index contributed by atoms with van der Waals surface area (Å²) >= 11 is 0. The van der Waals surface area contributed by atoms with Crippen molar-refractivity contribution in [2.24, 2.45) is 0 Å². The molecule has 0 aliphatic heterocycles. The van der Waals surface area contributed by atoms with Crippen molar-refractivity contribution in [3.05, 3.63) is 41.7 Å². The third-order valence-corrected chi connectivity index (χ3v) is 2.74. The number of para-hydroxylation sites is 1. The van der Waals surface area contributed by atoms with Crippen molar-refractivity contribution in [3.63, 3.8) is 0 Å². The Morgan fingerprint density at radius 3 is 2.81 bits per heavy atom. The first-order valence-electron chi connectivity index (χ1n) is 6.16. The van der Waals surface area contributed by atoms with Gasteiger partial charge in [0.25, 0.3) is 5.91 Å². The second-order valence-electron chi connectivity index (χ2n) is 4.13. The third kappa shape index (κ3) is 3.56. The number of carbonyl (C=O) groups is 2. The van der Waals surface area contributed by atoms with Gasteiger partial charge in [0.05, 0.1) is 25.4 Å². The highest BCUT2D eigenvalue weighted by atomic mass is 16.5. The quantitative estimate of drug-likeness (QED) is 0.798. The lowest BCUT2D eigenvalue weighted by Gasteiger charge is -2.08. The van der Waals surface area contributed by atoms with Crippen LogP contribution < -0.4 is 10.1 Å². The molecule has 8 nitrogen and oxygen atoms in total. The number of benzene rings is 1. The molecular weight excluding hydrogens is 276 g/mol. The van der Waals surface area contributed by atoms with Crippen molar-refractivity contribution in [2.75, 3.05) is 13.7 Å². The smallest absolute Gasteiger partial charge is 0.358 e. The molecule has 1 amide bonds. The van der Waals surface area contributed by atoms with E-state index in [1.54, 1.807) is 24.3 Å². The third-order valence-electron chi connectivity index (χ3n) is 2.74. The summed E-state index contributed by atoms with van der Waals surface area (Å²) in [5.41, 5.74) is 0.302. The van der Waals surface area contributed by atoms with E-state index in [1.807, 2.05) is 0 Å². The van der Waals surface area contributed by atoms with Crippen molar-refractivity contribution in [1.29, 1.82) is 0 Å². The van der Waals surface area contributed by atoms with Crippen molar-refractivity contribution < 1.29 is 19.4 Å². The lowest BCUT2D eigenvalue weighted by molar-refractivity contribution is 0.0690. The van der Waals surface area contributed by atoms with Crippen LogP contribution in [0.2, 0.25) is 0 Å². The fourth-order valence-corrected chi connectivity index (χ4v) is 1.72. The average Bonchev–Trinajstić information content (AvgIpc) is 2.96. The highest BCUT2D eigenvalue weighted by Gasteiger charge is 2.11. The van der Waals surface area contributed by atoms with E-state index in [0.717, 1.165) is 0 Å². The summed E-state index contributed by atoms with van der Waals surface area (Å²) in [6, 6.07) is 6.88. The van der Waals surface area contributed by atoms with Gasteiger partial charge in [-0.15, -0.1) is 5.10 Å². The van der Waals surface area contributed by atoms with Gasteiger partial charge in [-0.3, -0.25) is 4.79 Å². The highest BCUT2D eigenvalue weighted by molar-refractivity contribution is 5.96. The number of hydrogen-bond donors (Lipinski definition) is 2. The number of nitrogens with one attached hydrogen (secondary N) is 1. The minimum atomic E-state index is -1.14. The van der Waals surface area contributed by atoms with E-state index >= 15 is 0 Å². The predicted octanol–water partition coefficient (Wildman–Crippen LogP) is 0.415. The van der Waals surface area contributed by atoms with Gasteiger partial charge in [-0.25, -0.2) is 9.48 Å². The molecule has 0 saturated heterocycles. The van der Waals surface area contributed by atoms with E-state index in [2.05, 4.69) is 15.6 Å². The van der Waals surface area contributed by atoms with Crippen molar-refractivity contribution in [3.8, 4) is 5.75 Å². The molecule has 0 unspecified atom stereocenters. The van der Waals surface area contributed by atoms with E-state index < -0.39 is 5.97 Å². The van der Waals surface area contributed by atoms with Crippen LogP contribution in [-0.2, 0) is 6.54 Å². The van der Waals surface area contributed by atoms with Gasteiger partial charge in [-0.05, 0) is 12.1 Å². The number of methoxy groups -OCH3 is 1. The van der Waals surface area contributed by atoms with Crippen molar-refractivity contribution in [1.82, 2.24) is 20.3 Å². The van der Waals surface area contributed by atoms with Crippen LogP contribution in [0, 0.1) is 0 Å². The number of carbonyl (C=O) groups excluding carboxylic acids is 1. The zero-order chi connectivity index (χ0) is 15.2. The van der Waals surface area contributed by atoms with Gasteiger partial charge in [0.1, 0.15) is 5.75 Å². The summed E-state index contributed by atoms with van der Waals surface area (Å²) in [4.78, 5) is 22.6. The zero-order valence-corrected chi connectivity index (χ0v) is 11.3. The minimum Gasteiger partial charge on any atom is -0.496 e. The van der Waals surface area contributed by atoms with Gasteiger partial charge in [-0.1, -0.05) is 17.3 Å². The molecule has 8 heteroatoms. The molecule has 0 bridgehead atoms. The summed E-state index contributed by atoms with van der Waals surface area (Å²) in [5.74, 6) is -0.922. The molecule has 0 radical (unpaired) electrons.